The first-order chi connectivity index (χ1) is 13.6. The van der Waals surface area contributed by atoms with Gasteiger partial charge in [0.15, 0.2) is 0 Å². The number of carbonyl (C=O) groups is 2. The molecule has 2 aliphatic rings. The summed E-state index contributed by atoms with van der Waals surface area (Å²) in [5.74, 6) is 0.342. The molecule has 6 nitrogen and oxygen atoms in total. The number of aromatic nitrogens is 1. The minimum absolute atomic E-state index is 0.114. The van der Waals surface area contributed by atoms with E-state index in [9.17, 15) is 9.59 Å². The molecular weight excluding hydrogens is 372 g/mol. The number of thiazole rings is 1. The number of aryl methyl sites for hydroxylation is 1. The Labute approximate surface area is 169 Å². The molecule has 150 valence electrons. The number of fused-ring (bicyclic) bond motifs is 1. The van der Waals surface area contributed by atoms with Gasteiger partial charge in [0.05, 0.1) is 21.3 Å². The summed E-state index contributed by atoms with van der Waals surface area (Å²) in [6.07, 6.45) is 4.46. The number of hydrogen-bond donors (Lipinski definition) is 1. The van der Waals surface area contributed by atoms with Crippen LogP contribution in [0.15, 0.2) is 24.3 Å². The van der Waals surface area contributed by atoms with Gasteiger partial charge in [0, 0.05) is 38.6 Å². The van der Waals surface area contributed by atoms with Gasteiger partial charge in [-0.1, -0.05) is 12.1 Å². The molecular formula is C21H28N4O2S. The second kappa shape index (κ2) is 8.57. The normalized spacial score (nSPS) is 19.0. The molecule has 28 heavy (non-hydrogen) atoms. The SMILES string of the molecule is CC(C(=O)NC1CC1)N1CCN(C(=O)CCCc2nc3ccccc3s2)CC1. The quantitative estimate of drug-likeness (QED) is 0.775. The van der Waals surface area contributed by atoms with E-state index in [0.29, 0.717) is 25.6 Å². The van der Waals surface area contributed by atoms with Crippen LogP contribution in [0, 0.1) is 0 Å². The zero-order valence-corrected chi connectivity index (χ0v) is 17.2. The highest BCUT2D eigenvalue weighted by Crippen LogP contribution is 2.23. The first-order valence-corrected chi connectivity index (χ1v) is 11.1. The molecule has 1 aromatic heterocycles. The summed E-state index contributed by atoms with van der Waals surface area (Å²) in [5.41, 5.74) is 1.05. The molecule has 2 amide bonds. The predicted octanol–water partition coefficient (Wildman–Crippen LogP) is 2.43. The number of rotatable bonds is 7. The first-order valence-electron chi connectivity index (χ1n) is 10.3. The Balaban J connectivity index is 1.19. The summed E-state index contributed by atoms with van der Waals surface area (Å²) in [7, 11) is 0. The fraction of sp³-hybridized carbons (Fsp3) is 0.571. The Hall–Kier alpha value is -1.99. The lowest BCUT2D eigenvalue weighted by Gasteiger charge is -2.37. The minimum Gasteiger partial charge on any atom is -0.352 e. The average molecular weight is 401 g/mol. The second-order valence-electron chi connectivity index (χ2n) is 7.80. The van der Waals surface area contributed by atoms with Crippen molar-refractivity contribution in [2.24, 2.45) is 0 Å². The largest absolute Gasteiger partial charge is 0.352 e. The number of piperazine rings is 1. The van der Waals surface area contributed by atoms with Crippen LogP contribution in [0.25, 0.3) is 10.2 Å². The molecule has 2 heterocycles. The molecule has 0 spiro atoms. The van der Waals surface area contributed by atoms with E-state index < -0.39 is 0 Å². The molecule has 1 aromatic carbocycles. The smallest absolute Gasteiger partial charge is 0.237 e. The van der Waals surface area contributed by atoms with Gasteiger partial charge in [-0.25, -0.2) is 4.98 Å². The fourth-order valence-corrected chi connectivity index (χ4v) is 4.66. The lowest BCUT2D eigenvalue weighted by molar-refractivity contribution is -0.134. The van der Waals surface area contributed by atoms with E-state index in [2.05, 4.69) is 21.3 Å². The summed E-state index contributed by atoms with van der Waals surface area (Å²) >= 11 is 1.72. The molecule has 7 heteroatoms. The van der Waals surface area contributed by atoms with Gasteiger partial charge < -0.3 is 10.2 Å². The highest BCUT2D eigenvalue weighted by atomic mass is 32.1. The van der Waals surface area contributed by atoms with Crippen molar-refractivity contribution < 1.29 is 9.59 Å². The number of benzene rings is 1. The Morgan fingerprint density at radius 2 is 1.96 bits per heavy atom. The van der Waals surface area contributed by atoms with E-state index in [4.69, 9.17) is 0 Å². The van der Waals surface area contributed by atoms with Crippen molar-refractivity contribution in [3.63, 3.8) is 0 Å². The number of nitrogens with zero attached hydrogens (tertiary/aromatic N) is 3. The van der Waals surface area contributed by atoms with Gasteiger partial charge in [-0.05, 0) is 44.7 Å². The number of carbonyl (C=O) groups excluding carboxylic acids is 2. The van der Waals surface area contributed by atoms with Crippen LogP contribution in [0.5, 0.6) is 0 Å². The second-order valence-corrected chi connectivity index (χ2v) is 8.92. The van der Waals surface area contributed by atoms with Crippen LogP contribution in [-0.4, -0.2) is 64.9 Å². The third kappa shape index (κ3) is 4.70. The third-order valence-corrected chi connectivity index (χ3v) is 6.73. The van der Waals surface area contributed by atoms with E-state index in [1.165, 1.54) is 4.70 Å². The van der Waals surface area contributed by atoms with Crippen molar-refractivity contribution in [3.8, 4) is 0 Å². The number of para-hydroxylation sites is 1. The maximum atomic E-state index is 12.5. The van der Waals surface area contributed by atoms with E-state index in [-0.39, 0.29) is 17.9 Å². The summed E-state index contributed by atoms with van der Waals surface area (Å²) in [4.78, 5) is 33.5. The Kier molecular flexibility index (Phi) is 5.92. The molecule has 0 radical (unpaired) electrons. The highest BCUT2D eigenvalue weighted by molar-refractivity contribution is 7.18. The van der Waals surface area contributed by atoms with Crippen LogP contribution in [0.2, 0.25) is 0 Å². The standard InChI is InChI=1S/C21H28N4O2S/c1-15(21(27)22-16-9-10-16)24-11-13-25(14-12-24)20(26)8-4-7-19-23-17-5-2-3-6-18(17)28-19/h2-3,5-6,15-16H,4,7-14H2,1H3,(H,22,27). The Morgan fingerprint density at radius 1 is 1.21 bits per heavy atom. The van der Waals surface area contributed by atoms with Gasteiger partial charge >= 0.3 is 0 Å². The molecule has 0 bridgehead atoms. The van der Waals surface area contributed by atoms with Gasteiger partial charge in [0.25, 0.3) is 0 Å². The Bertz CT molecular complexity index is 807. The molecule has 1 atom stereocenters. The molecule has 1 aliphatic carbocycles. The van der Waals surface area contributed by atoms with Gasteiger partial charge in [-0.2, -0.15) is 0 Å². The summed E-state index contributed by atoms with van der Waals surface area (Å²) in [6, 6.07) is 8.44. The predicted molar refractivity (Wildman–Crippen MR) is 111 cm³/mol. The summed E-state index contributed by atoms with van der Waals surface area (Å²) in [5, 5.41) is 4.18. The molecule has 1 aliphatic heterocycles. The highest BCUT2D eigenvalue weighted by Gasteiger charge is 2.30. The molecule has 1 saturated heterocycles. The lowest BCUT2D eigenvalue weighted by atomic mass is 10.2. The third-order valence-electron chi connectivity index (χ3n) is 5.64. The van der Waals surface area contributed by atoms with E-state index in [1.807, 2.05) is 30.0 Å². The fourth-order valence-electron chi connectivity index (χ4n) is 3.65. The van der Waals surface area contributed by atoms with Gasteiger partial charge in [-0.3, -0.25) is 14.5 Å². The van der Waals surface area contributed by atoms with Crippen molar-refractivity contribution >= 4 is 33.4 Å². The zero-order chi connectivity index (χ0) is 19.5. The van der Waals surface area contributed by atoms with Gasteiger partial charge in [-0.15, -0.1) is 11.3 Å². The van der Waals surface area contributed by atoms with E-state index >= 15 is 0 Å². The van der Waals surface area contributed by atoms with Gasteiger partial charge in [0.2, 0.25) is 11.8 Å². The average Bonchev–Trinajstić information content (AvgIpc) is 3.43. The maximum Gasteiger partial charge on any atom is 0.237 e. The molecule has 1 unspecified atom stereocenters. The summed E-state index contributed by atoms with van der Waals surface area (Å²) < 4.78 is 1.21. The Morgan fingerprint density at radius 3 is 2.68 bits per heavy atom. The molecule has 2 aromatic rings. The number of nitrogens with one attached hydrogen (secondary N) is 1. The molecule has 2 fully saturated rings. The molecule has 1 N–H and O–H groups in total. The molecule has 1 saturated carbocycles. The number of amides is 2. The zero-order valence-electron chi connectivity index (χ0n) is 16.4. The van der Waals surface area contributed by atoms with Crippen molar-refractivity contribution in [3.05, 3.63) is 29.3 Å². The topological polar surface area (TPSA) is 65.5 Å². The van der Waals surface area contributed by atoms with Gasteiger partial charge in [0.1, 0.15) is 0 Å². The summed E-state index contributed by atoms with van der Waals surface area (Å²) in [6.45, 7) is 4.92. The van der Waals surface area contributed by atoms with Crippen LogP contribution < -0.4 is 5.32 Å². The van der Waals surface area contributed by atoms with E-state index in [0.717, 1.165) is 49.3 Å². The van der Waals surface area contributed by atoms with Crippen molar-refractivity contribution in [2.75, 3.05) is 26.2 Å². The van der Waals surface area contributed by atoms with Crippen molar-refractivity contribution in [1.29, 1.82) is 0 Å². The van der Waals surface area contributed by atoms with Crippen LogP contribution in [0.3, 0.4) is 0 Å². The van der Waals surface area contributed by atoms with Crippen LogP contribution in [-0.2, 0) is 16.0 Å². The van der Waals surface area contributed by atoms with Crippen LogP contribution >= 0.6 is 11.3 Å². The minimum atomic E-state index is -0.114. The first kappa shape index (κ1) is 19.3. The van der Waals surface area contributed by atoms with E-state index in [1.54, 1.807) is 11.3 Å². The van der Waals surface area contributed by atoms with Crippen LogP contribution in [0.1, 0.15) is 37.6 Å². The number of hydrogen-bond acceptors (Lipinski definition) is 5. The van der Waals surface area contributed by atoms with Crippen LogP contribution in [0.4, 0.5) is 0 Å². The maximum absolute atomic E-state index is 12.5. The lowest BCUT2D eigenvalue weighted by Crippen LogP contribution is -2.55. The monoisotopic (exact) mass is 400 g/mol. The molecule has 4 rings (SSSR count). The van der Waals surface area contributed by atoms with Crippen molar-refractivity contribution in [1.82, 2.24) is 20.1 Å². The van der Waals surface area contributed by atoms with Crippen molar-refractivity contribution in [2.45, 2.75) is 51.1 Å².